The van der Waals surface area contributed by atoms with Crippen molar-refractivity contribution in [3.8, 4) is 5.75 Å². The number of hydrogen-bond donors (Lipinski definition) is 1. The van der Waals surface area contributed by atoms with Crippen molar-refractivity contribution in [3.63, 3.8) is 0 Å². The van der Waals surface area contributed by atoms with Gasteiger partial charge in [-0.2, -0.15) is 5.10 Å². The van der Waals surface area contributed by atoms with Gasteiger partial charge in [0.25, 0.3) is 0 Å². The highest BCUT2D eigenvalue weighted by Crippen LogP contribution is 2.19. The molecule has 2 aromatic rings. The topological polar surface area (TPSA) is 54.7 Å². The van der Waals surface area contributed by atoms with E-state index >= 15 is 0 Å². The third kappa shape index (κ3) is 5.74. The molecular formula is C21H33N5O. The predicted octanol–water partition coefficient (Wildman–Crippen LogP) is 3.33. The van der Waals surface area contributed by atoms with Crippen molar-refractivity contribution >= 4 is 5.96 Å². The van der Waals surface area contributed by atoms with E-state index in [-0.39, 0.29) is 6.10 Å². The molecule has 1 aromatic carbocycles. The van der Waals surface area contributed by atoms with Crippen LogP contribution in [0.1, 0.15) is 43.5 Å². The maximum atomic E-state index is 6.04. The molecule has 1 atom stereocenters. The molecule has 27 heavy (non-hydrogen) atoms. The molecule has 0 fully saturated rings. The molecule has 148 valence electrons. The van der Waals surface area contributed by atoms with E-state index in [4.69, 9.17) is 4.74 Å². The first-order chi connectivity index (χ1) is 12.8. The van der Waals surface area contributed by atoms with Gasteiger partial charge in [-0.05, 0) is 31.4 Å². The predicted molar refractivity (Wildman–Crippen MR) is 111 cm³/mol. The minimum Gasteiger partial charge on any atom is -0.489 e. The van der Waals surface area contributed by atoms with Crippen LogP contribution in [0.4, 0.5) is 0 Å². The van der Waals surface area contributed by atoms with Gasteiger partial charge in [0.2, 0.25) is 0 Å². The molecule has 0 bridgehead atoms. The Labute approximate surface area is 163 Å². The molecule has 1 N–H and O–H groups in total. The minimum atomic E-state index is 0.0286. The molecule has 1 heterocycles. The summed E-state index contributed by atoms with van der Waals surface area (Å²) in [5, 5.41) is 8.00. The van der Waals surface area contributed by atoms with Crippen molar-refractivity contribution in [2.24, 2.45) is 12.0 Å². The average molecular weight is 372 g/mol. The average Bonchev–Trinajstić information content (AvgIpc) is 2.98. The lowest BCUT2D eigenvalue weighted by molar-refractivity contribution is 0.221. The Morgan fingerprint density at radius 1 is 1.30 bits per heavy atom. The number of aromatic nitrogens is 2. The SMILES string of the molecule is CN=C(NCC(C)Oc1ccccc1C)N(C)Cc1cn(C)nc1C(C)C. The van der Waals surface area contributed by atoms with Crippen molar-refractivity contribution in [2.45, 2.75) is 46.3 Å². The lowest BCUT2D eigenvalue weighted by Gasteiger charge is -2.24. The third-order valence-electron chi connectivity index (χ3n) is 4.43. The van der Waals surface area contributed by atoms with Crippen LogP contribution in [-0.4, -0.2) is 47.4 Å². The van der Waals surface area contributed by atoms with Crippen LogP contribution in [0.3, 0.4) is 0 Å². The van der Waals surface area contributed by atoms with Crippen LogP contribution in [0.5, 0.6) is 5.75 Å². The van der Waals surface area contributed by atoms with E-state index in [1.807, 2.05) is 37.0 Å². The van der Waals surface area contributed by atoms with Gasteiger partial charge in [-0.25, -0.2) is 0 Å². The molecule has 1 aromatic heterocycles. The highest BCUT2D eigenvalue weighted by molar-refractivity contribution is 5.79. The van der Waals surface area contributed by atoms with E-state index in [0.717, 1.165) is 29.5 Å². The molecule has 2 rings (SSSR count). The summed E-state index contributed by atoms with van der Waals surface area (Å²) < 4.78 is 7.92. The number of aryl methyl sites for hydroxylation is 2. The molecule has 0 spiro atoms. The van der Waals surface area contributed by atoms with E-state index in [1.54, 1.807) is 7.05 Å². The zero-order chi connectivity index (χ0) is 20.0. The monoisotopic (exact) mass is 371 g/mol. The van der Waals surface area contributed by atoms with Gasteiger partial charge >= 0.3 is 0 Å². The number of benzene rings is 1. The second-order valence-corrected chi connectivity index (χ2v) is 7.35. The van der Waals surface area contributed by atoms with E-state index < -0.39 is 0 Å². The Balaban J connectivity index is 1.94. The fraction of sp³-hybridized carbons (Fsp3) is 0.524. The standard InChI is InChI=1S/C21H33N5O/c1-15(2)20-18(14-26(7)24-20)13-25(6)21(22-5)23-12-17(4)27-19-11-9-8-10-16(19)3/h8-11,14-15,17H,12-13H2,1-7H3,(H,22,23). The highest BCUT2D eigenvalue weighted by atomic mass is 16.5. The van der Waals surface area contributed by atoms with E-state index in [1.165, 1.54) is 5.56 Å². The second-order valence-electron chi connectivity index (χ2n) is 7.35. The molecule has 6 heteroatoms. The summed E-state index contributed by atoms with van der Waals surface area (Å²) in [5.74, 6) is 2.16. The maximum Gasteiger partial charge on any atom is 0.193 e. The Hall–Kier alpha value is -2.50. The zero-order valence-corrected chi connectivity index (χ0v) is 17.7. The van der Waals surface area contributed by atoms with Crippen molar-refractivity contribution in [1.29, 1.82) is 0 Å². The largest absolute Gasteiger partial charge is 0.489 e. The van der Waals surface area contributed by atoms with Gasteiger partial charge in [-0.1, -0.05) is 32.0 Å². The van der Waals surface area contributed by atoms with E-state index in [9.17, 15) is 0 Å². The van der Waals surface area contributed by atoms with Gasteiger partial charge in [-0.3, -0.25) is 9.67 Å². The Morgan fingerprint density at radius 3 is 2.63 bits per heavy atom. The summed E-state index contributed by atoms with van der Waals surface area (Å²) in [5.41, 5.74) is 3.50. The summed E-state index contributed by atoms with van der Waals surface area (Å²) >= 11 is 0. The normalized spacial score (nSPS) is 13.0. The van der Waals surface area contributed by atoms with Crippen molar-refractivity contribution in [1.82, 2.24) is 20.0 Å². The second kappa shape index (κ2) is 9.44. The molecule has 0 amide bonds. The number of ether oxygens (including phenoxy) is 1. The Kier molecular flexibility index (Phi) is 7.28. The van der Waals surface area contributed by atoms with Gasteiger partial charge < -0.3 is 15.0 Å². The van der Waals surface area contributed by atoms with E-state index in [0.29, 0.717) is 12.5 Å². The first kappa shape index (κ1) is 20.8. The molecule has 0 saturated carbocycles. The quantitative estimate of drug-likeness (QED) is 0.599. The summed E-state index contributed by atoms with van der Waals surface area (Å²) in [4.78, 5) is 6.53. The number of para-hydroxylation sites is 1. The molecule has 6 nitrogen and oxygen atoms in total. The van der Waals surface area contributed by atoms with Crippen LogP contribution in [0.15, 0.2) is 35.5 Å². The minimum absolute atomic E-state index is 0.0286. The van der Waals surface area contributed by atoms with Gasteiger partial charge in [0.15, 0.2) is 5.96 Å². The molecule has 0 aliphatic rings. The molecule has 0 aliphatic carbocycles. The van der Waals surface area contributed by atoms with Gasteiger partial charge in [0.05, 0.1) is 12.2 Å². The summed E-state index contributed by atoms with van der Waals surface area (Å²) in [6, 6.07) is 8.08. The van der Waals surface area contributed by atoms with Gasteiger partial charge in [-0.15, -0.1) is 0 Å². The van der Waals surface area contributed by atoms with Gasteiger partial charge in [0.1, 0.15) is 11.9 Å². The maximum absolute atomic E-state index is 6.04. The van der Waals surface area contributed by atoms with Crippen LogP contribution in [0.2, 0.25) is 0 Å². The number of nitrogens with one attached hydrogen (secondary N) is 1. The van der Waals surface area contributed by atoms with Crippen LogP contribution >= 0.6 is 0 Å². The zero-order valence-electron chi connectivity index (χ0n) is 17.7. The van der Waals surface area contributed by atoms with Crippen molar-refractivity contribution in [3.05, 3.63) is 47.3 Å². The molecule has 0 radical (unpaired) electrons. The lowest BCUT2D eigenvalue weighted by atomic mass is 10.1. The van der Waals surface area contributed by atoms with Crippen LogP contribution < -0.4 is 10.1 Å². The molecule has 0 saturated heterocycles. The van der Waals surface area contributed by atoms with Crippen LogP contribution in [0, 0.1) is 6.92 Å². The summed E-state index contributed by atoms with van der Waals surface area (Å²) in [6.45, 7) is 9.89. The molecule has 0 aliphatic heterocycles. The Morgan fingerprint density at radius 2 is 2.00 bits per heavy atom. The number of nitrogens with zero attached hydrogens (tertiary/aromatic N) is 4. The fourth-order valence-electron chi connectivity index (χ4n) is 3.06. The van der Waals surface area contributed by atoms with Gasteiger partial charge in [0, 0.05) is 39.4 Å². The van der Waals surface area contributed by atoms with Crippen LogP contribution in [0.25, 0.3) is 0 Å². The number of guanidine groups is 1. The summed E-state index contributed by atoms with van der Waals surface area (Å²) in [7, 11) is 5.81. The Bertz CT molecular complexity index is 766. The third-order valence-corrected chi connectivity index (χ3v) is 4.43. The lowest BCUT2D eigenvalue weighted by Crippen LogP contribution is -2.42. The number of rotatable bonds is 7. The first-order valence-corrected chi connectivity index (χ1v) is 9.48. The molecule has 1 unspecified atom stereocenters. The first-order valence-electron chi connectivity index (χ1n) is 9.48. The van der Waals surface area contributed by atoms with Crippen molar-refractivity contribution < 1.29 is 4.74 Å². The number of hydrogen-bond acceptors (Lipinski definition) is 3. The highest BCUT2D eigenvalue weighted by Gasteiger charge is 2.16. The summed E-state index contributed by atoms with van der Waals surface area (Å²) in [6.07, 6.45) is 2.11. The smallest absolute Gasteiger partial charge is 0.193 e. The van der Waals surface area contributed by atoms with E-state index in [2.05, 4.69) is 60.3 Å². The van der Waals surface area contributed by atoms with Crippen molar-refractivity contribution in [2.75, 3.05) is 20.6 Å². The molecular weight excluding hydrogens is 338 g/mol. The fourth-order valence-corrected chi connectivity index (χ4v) is 3.06. The number of aliphatic imine (C=N–C) groups is 1. The van der Waals surface area contributed by atoms with Crippen LogP contribution in [-0.2, 0) is 13.6 Å².